The highest BCUT2D eigenvalue weighted by Crippen LogP contribution is 2.48. The van der Waals surface area contributed by atoms with Crippen LogP contribution in [0.5, 0.6) is 11.5 Å². The van der Waals surface area contributed by atoms with E-state index in [9.17, 15) is 4.79 Å². The lowest BCUT2D eigenvalue weighted by molar-refractivity contribution is -0.122. The second kappa shape index (κ2) is 6.99. The van der Waals surface area contributed by atoms with Gasteiger partial charge in [0.15, 0.2) is 0 Å². The molecule has 4 heteroatoms. The fourth-order valence-corrected chi connectivity index (χ4v) is 5.24. The standard InChI is InChI=1S/C26H24N2O2/c29-26(24-18-10-4-6-12-22(18)30-23-13-7-5-11-19(23)24)27-25-20-15-28(16-21(20)25)14-17-8-2-1-3-9-17/h1-13,20-21,24-25H,14-16H2,(H,27,29)/t20-,21+,25?. The van der Waals surface area contributed by atoms with Crippen LogP contribution in [-0.2, 0) is 11.3 Å². The number of likely N-dealkylation sites (tertiary alicyclic amines) is 1. The summed E-state index contributed by atoms with van der Waals surface area (Å²) in [6.45, 7) is 3.12. The number of hydrogen-bond acceptors (Lipinski definition) is 3. The molecule has 1 aliphatic carbocycles. The molecule has 1 N–H and O–H groups in total. The van der Waals surface area contributed by atoms with Crippen LogP contribution in [0, 0.1) is 11.8 Å². The number of nitrogens with one attached hydrogen (secondary N) is 1. The van der Waals surface area contributed by atoms with Crippen molar-refractivity contribution in [1.82, 2.24) is 10.2 Å². The molecule has 2 aliphatic heterocycles. The summed E-state index contributed by atoms with van der Waals surface area (Å²) in [6.07, 6.45) is 0. The van der Waals surface area contributed by atoms with Gasteiger partial charge in [0, 0.05) is 36.8 Å². The smallest absolute Gasteiger partial charge is 0.232 e. The van der Waals surface area contributed by atoms with Gasteiger partial charge in [-0.3, -0.25) is 9.69 Å². The van der Waals surface area contributed by atoms with E-state index in [1.165, 1.54) is 5.56 Å². The molecule has 30 heavy (non-hydrogen) atoms. The molecule has 3 aliphatic rings. The maximum Gasteiger partial charge on any atom is 0.232 e. The first-order chi connectivity index (χ1) is 14.8. The SMILES string of the molecule is O=C(NC1[C@H]2CN(Cc3ccccc3)C[C@@H]12)C1c2ccccc2Oc2ccccc21. The number of nitrogens with zero attached hydrogens (tertiary/aromatic N) is 1. The molecule has 0 bridgehead atoms. The minimum atomic E-state index is -0.312. The molecule has 150 valence electrons. The zero-order chi connectivity index (χ0) is 20.1. The number of para-hydroxylation sites is 2. The summed E-state index contributed by atoms with van der Waals surface area (Å²) in [7, 11) is 0. The van der Waals surface area contributed by atoms with Crippen LogP contribution in [0.1, 0.15) is 22.6 Å². The zero-order valence-electron chi connectivity index (χ0n) is 16.7. The van der Waals surface area contributed by atoms with Gasteiger partial charge < -0.3 is 10.1 Å². The number of carbonyl (C=O) groups excluding carboxylic acids is 1. The molecule has 0 spiro atoms. The Morgan fingerprint density at radius 3 is 2.03 bits per heavy atom. The van der Waals surface area contributed by atoms with Crippen LogP contribution in [0.15, 0.2) is 78.9 Å². The maximum absolute atomic E-state index is 13.4. The van der Waals surface area contributed by atoms with E-state index in [0.29, 0.717) is 17.9 Å². The third kappa shape index (κ3) is 2.99. The second-order valence-corrected chi connectivity index (χ2v) is 8.65. The van der Waals surface area contributed by atoms with E-state index in [-0.39, 0.29) is 11.8 Å². The Kier molecular flexibility index (Phi) is 4.13. The van der Waals surface area contributed by atoms with Crippen molar-refractivity contribution in [3.8, 4) is 11.5 Å². The Morgan fingerprint density at radius 1 is 0.833 bits per heavy atom. The number of benzene rings is 3. The van der Waals surface area contributed by atoms with Gasteiger partial charge in [0.25, 0.3) is 0 Å². The number of hydrogen-bond donors (Lipinski definition) is 1. The number of carbonyl (C=O) groups is 1. The lowest BCUT2D eigenvalue weighted by Crippen LogP contribution is -2.38. The number of rotatable bonds is 4. The van der Waals surface area contributed by atoms with Gasteiger partial charge in [-0.2, -0.15) is 0 Å². The van der Waals surface area contributed by atoms with Crippen LogP contribution in [0.2, 0.25) is 0 Å². The first-order valence-corrected chi connectivity index (χ1v) is 10.7. The Labute approximate surface area is 176 Å². The van der Waals surface area contributed by atoms with Crippen molar-refractivity contribution in [3.05, 3.63) is 95.6 Å². The summed E-state index contributed by atoms with van der Waals surface area (Å²) >= 11 is 0. The van der Waals surface area contributed by atoms with Crippen molar-refractivity contribution in [3.63, 3.8) is 0 Å². The van der Waals surface area contributed by atoms with Gasteiger partial charge in [0.1, 0.15) is 11.5 Å². The Hall–Kier alpha value is -3.11. The third-order valence-corrected chi connectivity index (χ3v) is 6.77. The molecular weight excluding hydrogens is 372 g/mol. The van der Waals surface area contributed by atoms with Crippen LogP contribution >= 0.6 is 0 Å². The van der Waals surface area contributed by atoms with Crippen LogP contribution in [0.3, 0.4) is 0 Å². The largest absolute Gasteiger partial charge is 0.457 e. The van der Waals surface area contributed by atoms with E-state index < -0.39 is 0 Å². The number of fused-ring (bicyclic) bond motifs is 3. The van der Waals surface area contributed by atoms with Crippen molar-refractivity contribution >= 4 is 5.91 Å². The van der Waals surface area contributed by atoms with Crippen LogP contribution in [-0.4, -0.2) is 29.9 Å². The maximum atomic E-state index is 13.4. The van der Waals surface area contributed by atoms with Gasteiger partial charge in [-0.15, -0.1) is 0 Å². The van der Waals surface area contributed by atoms with Gasteiger partial charge in [-0.05, 0) is 29.5 Å². The van der Waals surface area contributed by atoms with Gasteiger partial charge in [-0.25, -0.2) is 0 Å². The molecule has 2 heterocycles. The predicted molar refractivity (Wildman–Crippen MR) is 115 cm³/mol. The Balaban J connectivity index is 1.16. The first-order valence-electron chi connectivity index (χ1n) is 10.7. The second-order valence-electron chi connectivity index (χ2n) is 8.65. The number of ether oxygens (including phenoxy) is 1. The van der Waals surface area contributed by atoms with Gasteiger partial charge in [0.2, 0.25) is 5.91 Å². The van der Waals surface area contributed by atoms with Crippen molar-refractivity contribution in [2.24, 2.45) is 11.8 Å². The summed E-state index contributed by atoms with van der Waals surface area (Å²) in [4.78, 5) is 15.9. The lowest BCUT2D eigenvalue weighted by atomic mass is 9.87. The highest BCUT2D eigenvalue weighted by atomic mass is 16.5. The number of piperidine rings is 1. The summed E-state index contributed by atoms with van der Waals surface area (Å²) in [5.41, 5.74) is 3.25. The van der Waals surface area contributed by atoms with Crippen molar-refractivity contribution in [1.29, 1.82) is 0 Å². The fraction of sp³-hybridized carbons (Fsp3) is 0.269. The molecular formula is C26H24N2O2. The van der Waals surface area contributed by atoms with Crippen LogP contribution in [0.4, 0.5) is 0 Å². The minimum Gasteiger partial charge on any atom is -0.457 e. The molecule has 1 saturated heterocycles. The minimum absolute atomic E-state index is 0.0900. The van der Waals surface area contributed by atoms with E-state index in [4.69, 9.17) is 4.74 Å². The molecule has 3 aromatic carbocycles. The van der Waals surface area contributed by atoms with E-state index >= 15 is 0 Å². The monoisotopic (exact) mass is 396 g/mol. The Bertz CT molecular complexity index is 1040. The predicted octanol–water partition coefficient (Wildman–Crippen LogP) is 4.17. The topological polar surface area (TPSA) is 41.6 Å². The normalized spacial score (nSPS) is 24.3. The van der Waals surface area contributed by atoms with Crippen LogP contribution < -0.4 is 10.1 Å². The van der Waals surface area contributed by atoms with E-state index in [2.05, 4.69) is 40.5 Å². The molecule has 3 atom stereocenters. The summed E-state index contributed by atoms with van der Waals surface area (Å²) < 4.78 is 6.04. The number of amides is 1. The molecule has 1 unspecified atom stereocenters. The van der Waals surface area contributed by atoms with Gasteiger partial charge in [-0.1, -0.05) is 66.7 Å². The van der Waals surface area contributed by atoms with Crippen molar-refractivity contribution in [2.75, 3.05) is 13.1 Å². The summed E-state index contributed by atoms with van der Waals surface area (Å²) in [6, 6.07) is 26.7. The fourth-order valence-electron chi connectivity index (χ4n) is 5.24. The average molecular weight is 396 g/mol. The molecule has 6 rings (SSSR count). The van der Waals surface area contributed by atoms with Crippen molar-refractivity contribution in [2.45, 2.75) is 18.5 Å². The van der Waals surface area contributed by atoms with Crippen LogP contribution in [0.25, 0.3) is 0 Å². The summed E-state index contributed by atoms with van der Waals surface area (Å²) in [5, 5.41) is 3.37. The lowest BCUT2D eigenvalue weighted by Gasteiger charge is -2.28. The average Bonchev–Trinajstić information content (AvgIpc) is 3.21. The molecule has 3 aromatic rings. The quantitative estimate of drug-likeness (QED) is 0.720. The molecule has 2 fully saturated rings. The summed E-state index contributed by atoms with van der Waals surface area (Å²) in [5.74, 6) is 2.48. The van der Waals surface area contributed by atoms with Gasteiger partial charge in [0.05, 0.1) is 5.92 Å². The zero-order valence-corrected chi connectivity index (χ0v) is 16.7. The third-order valence-electron chi connectivity index (χ3n) is 6.77. The van der Waals surface area contributed by atoms with E-state index in [1.54, 1.807) is 0 Å². The molecule has 0 aromatic heterocycles. The van der Waals surface area contributed by atoms with E-state index in [0.717, 1.165) is 42.3 Å². The molecule has 1 amide bonds. The molecule has 4 nitrogen and oxygen atoms in total. The molecule has 0 radical (unpaired) electrons. The highest BCUT2D eigenvalue weighted by Gasteiger charge is 2.56. The first kappa shape index (κ1) is 17.7. The molecule has 1 saturated carbocycles. The van der Waals surface area contributed by atoms with E-state index in [1.807, 2.05) is 48.5 Å². The highest BCUT2D eigenvalue weighted by molar-refractivity contribution is 5.90. The van der Waals surface area contributed by atoms with Crippen molar-refractivity contribution < 1.29 is 9.53 Å². The van der Waals surface area contributed by atoms with Gasteiger partial charge >= 0.3 is 0 Å². The Morgan fingerprint density at radius 2 is 1.40 bits per heavy atom.